The fraction of sp³-hybridized carbons (Fsp3) is 0.294. The van der Waals surface area contributed by atoms with E-state index < -0.39 is 0 Å². The first-order valence-corrected chi connectivity index (χ1v) is 8.06. The minimum atomic E-state index is -0.314. The van der Waals surface area contributed by atoms with E-state index in [0.29, 0.717) is 42.4 Å². The van der Waals surface area contributed by atoms with Crippen LogP contribution in [0.5, 0.6) is 0 Å². The molecule has 0 unspecified atom stereocenters. The SMILES string of the molecule is CCc1[nH]cnc1C(=O)NCCCc1nc(-c2ccc(F)cc2)no1. The van der Waals surface area contributed by atoms with Crippen molar-refractivity contribution in [2.45, 2.75) is 26.2 Å². The van der Waals surface area contributed by atoms with Crippen molar-refractivity contribution in [3.8, 4) is 11.4 Å². The van der Waals surface area contributed by atoms with Crippen molar-refractivity contribution in [1.29, 1.82) is 0 Å². The van der Waals surface area contributed by atoms with Gasteiger partial charge in [-0.25, -0.2) is 9.37 Å². The lowest BCUT2D eigenvalue weighted by molar-refractivity contribution is 0.0947. The lowest BCUT2D eigenvalue weighted by Crippen LogP contribution is -2.26. The summed E-state index contributed by atoms with van der Waals surface area (Å²) in [6.45, 7) is 2.43. The second kappa shape index (κ2) is 7.69. The summed E-state index contributed by atoms with van der Waals surface area (Å²) >= 11 is 0. The Bertz CT molecular complexity index is 841. The molecule has 130 valence electrons. The molecule has 3 aromatic rings. The number of benzene rings is 1. The predicted octanol–water partition coefficient (Wildman–Crippen LogP) is 2.52. The molecule has 2 heterocycles. The Labute approximate surface area is 143 Å². The molecule has 8 heteroatoms. The molecule has 0 aliphatic carbocycles. The number of nitrogens with one attached hydrogen (secondary N) is 2. The summed E-state index contributed by atoms with van der Waals surface area (Å²) in [6, 6.07) is 5.89. The van der Waals surface area contributed by atoms with Gasteiger partial charge in [-0.2, -0.15) is 4.98 Å². The molecule has 0 saturated heterocycles. The molecule has 2 aromatic heterocycles. The Morgan fingerprint density at radius 1 is 1.32 bits per heavy atom. The maximum Gasteiger partial charge on any atom is 0.271 e. The van der Waals surface area contributed by atoms with Crippen molar-refractivity contribution in [1.82, 2.24) is 25.4 Å². The monoisotopic (exact) mass is 343 g/mol. The highest BCUT2D eigenvalue weighted by molar-refractivity contribution is 5.93. The zero-order chi connectivity index (χ0) is 17.6. The Hall–Kier alpha value is -3.03. The smallest absolute Gasteiger partial charge is 0.271 e. The summed E-state index contributed by atoms with van der Waals surface area (Å²) in [5.41, 5.74) is 1.94. The highest BCUT2D eigenvalue weighted by Crippen LogP contribution is 2.16. The van der Waals surface area contributed by atoms with Crippen LogP contribution in [0.2, 0.25) is 0 Å². The van der Waals surface area contributed by atoms with Gasteiger partial charge in [0.1, 0.15) is 11.5 Å². The number of amides is 1. The molecule has 3 rings (SSSR count). The Kier molecular flexibility index (Phi) is 5.17. The molecule has 2 N–H and O–H groups in total. The van der Waals surface area contributed by atoms with E-state index in [0.717, 1.165) is 12.1 Å². The average Bonchev–Trinajstić information content (AvgIpc) is 3.28. The molecule has 0 saturated carbocycles. The molecule has 0 aliphatic heterocycles. The van der Waals surface area contributed by atoms with Crippen molar-refractivity contribution in [3.05, 3.63) is 53.7 Å². The molecule has 0 fully saturated rings. The topological polar surface area (TPSA) is 96.7 Å². The molecule has 0 radical (unpaired) electrons. The second-order valence-electron chi connectivity index (χ2n) is 5.46. The van der Waals surface area contributed by atoms with Gasteiger partial charge in [-0.1, -0.05) is 12.1 Å². The van der Waals surface area contributed by atoms with Gasteiger partial charge < -0.3 is 14.8 Å². The molecule has 1 aromatic carbocycles. The maximum absolute atomic E-state index is 12.9. The van der Waals surface area contributed by atoms with E-state index >= 15 is 0 Å². The number of nitrogens with zero attached hydrogens (tertiary/aromatic N) is 3. The quantitative estimate of drug-likeness (QED) is 0.643. The van der Waals surface area contributed by atoms with Crippen LogP contribution < -0.4 is 5.32 Å². The number of halogens is 1. The van der Waals surface area contributed by atoms with Gasteiger partial charge in [0.2, 0.25) is 11.7 Å². The number of aromatic amines is 1. The molecule has 0 bridgehead atoms. The first-order chi connectivity index (χ1) is 12.2. The van der Waals surface area contributed by atoms with Gasteiger partial charge in [-0.15, -0.1) is 0 Å². The number of hydrogen-bond donors (Lipinski definition) is 2. The standard InChI is InChI=1S/C17H18FN5O2/c1-2-13-15(21-10-20-13)17(24)19-9-3-4-14-22-16(23-25-14)11-5-7-12(18)8-6-11/h5-8,10H,2-4,9H2,1H3,(H,19,24)(H,20,21). The first kappa shape index (κ1) is 16.8. The molecule has 1 amide bonds. The number of aryl methyl sites for hydroxylation is 2. The molecule has 25 heavy (non-hydrogen) atoms. The van der Waals surface area contributed by atoms with Crippen molar-refractivity contribution in [3.63, 3.8) is 0 Å². The van der Waals surface area contributed by atoms with Crippen molar-refractivity contribution in [2.75, 3.05) is 6.54 Å². The summed E-state index contributed by atoms with van der Waals surface area (Å²) in [5, 5.41) is 6.71. The van der Waals surface area contributed by atoms with Crippen molar-refractivity contribution in [2.24, 2.45) is 0 Å². The van der Waals surface area contributed by atoms with Gasteiger partial charge >= 0.3 is 0 Å². The number of imidazole rings is 1. The van der Waals surface area contributed by atoms with E-state index in [4.69, 9.17) is 4.52 Å². The number of hydrogen-bond acceptors (Lipinski definition) is 5. The summed E-state index contributed by atoms with van der Waals surface area (Å²) in [6.07, 6.45) is 3.43. The van der Waals surface area contributed by atoms with Crippen LogP contribution >= 0.6 is 0 Å². The average molecular weight is 343 g/mol. The van der Waals surface area contributed by atoms with Crippen LogP contribution in [0.3, 0.4) is 0 Å². The van der Waals surface area contributed by atoms with Crippen LogP contribution in [0.25, 0.3) is 11.4 Å². The van der Waals surface area contributed by atoms with E-state index in [2.05, 4.69) is 25.4 Å². The van der Waals surface area contributed by atoms with Crippen LogP contribution in [-0.2, 0) is 12.8 Å². The number of rotatable bonds is 7. The zero-order valence-electron chi connectivity index (χ0n) is 13.8. The Morgan fingerprint density at radius 2 is 2.12 bits per heavy atom. The molecule has 0 spiro atoms. The fourth-order valence-corrected chi connectivity index (χ4v) is 2.38. The van der Waals surface area contributed by atoms with E-state index in [1.807, 2.05) is 6.92 Å². The Morgan fingerprint density at radius 3 is 2.88 bits per heavy atom. The highest BCUT2D eigenvalue weighted by Gasteiger charge is 2.13. The number of carbonyl (C=O) groups excluding carboxylic acids is 1. The normalized spacial score (nSPS) is 10.8. The van der Waals surface area contributed by atoms with Gasteiger partial charge in [-0.3, -0.25) is 4.79 Å². The van der Waals surface area contributed by atoms with Gasteiger partial charge in [0, 0.05) is 24.2 Å². The highest BCUT2D eigenvalue weighted by atomic mass is 19.1. The van der Waals surface area contributed by atoms with E-state index in [1.54, 1.807) is 12.1 Å². The minimum Gasteiger partial charge on any atom is -0.351 e. The first-order valence-electron chi connectivity index (χ1n) is 8.06. The second-order valence-corrected chi connectivity index (χ2v) is 5.46. The van der Waals surface area contributed by atoms with Gasteiger partial charge in [0.05, 0.1) is 6.33 Å². The van der Waals surface area contributed by atoms with Crippen molar-refractivity contribution >= 4 is 5.91 Å². The fourth-order valence-electron chi connectivity index (χ4n) is 2.38. The van der Waals surface area contributed by atoms with Crippen LogP contribution in [0, 0.1) is 5.82 Å². The predicted molar refractivity (Wildman–Crippen MR) is 88.3 cm³/mol. The van der Waals surface area contributed by atoms with E-state index in [9.17, 15) is 9.18 Å². The summed E-state index contributed by atoms with van der Waals surface area (Å²) < 4.78 is 18.1. The molecule has 0 atom stereocenters. The van der Waals surface area contributed by atoms with Gasteiger partial charge in [0.25, 0.3) is 5.91 Å². The maximum atomic E-state index is 12.9. The molecular formula is C17H18FN5O2. The van der Waals surface area contributed by atoms with E-state index in [-0.39, 0.29) is 11.7 Å². The minimum absolute atomic E-state index is 0.198. The van der Waals surface area contributed by atoms with Crippen LogP contribution in [-0.4, -0.2) is 32.6 Å². The zero-order valence-corrected chi connectivity index (χ0v) is 13.8. The largest absolute Gasteiger partial charge is 0.351 e. The number of H-pyrrole nitrogens is 1. The van der Waals surface area contributed by atoms with Gasteiger partial charge in [0.15, 0.2) is 0 Å². The van der Waals surface area contributed by atoms with Crippen LogP contribution in [0.1, 0.15) is 35.4 Å². The van der Waals surface area contributed by atoms with E-state index in [1.165, 1.54) is 18.5 Å². The summed E-state index contributed by atoms with van der Waals surface area (Å²) in [5.74, 6) is 0.382. The molecular weight excluding hydrogens is 325 g/mol. The number of aromatic nitrogens is 4. The lowest BCUT2D eigenvalue weighted by Gasteiger charge is -2.03. The number of carbonyl (C=O) groups is 1. The Balaban J connectivity index is 1.48. The summed E-state index contributed by atoms with van der Waals surface area (Å²) in [4.78, 5) is 23.3. The lowest BCUT2D eigenvalue weighted by atomic mass is 10.2. The van der Waals surface area contributed by atoms with Crippen LogP contribution in [0.4, 0.5) is 4.39 Å². The van der Waals surface area contributed by atoms with Gasteiger partial charge in [-0.05, 0) is 37.1 Å². The molecule has 0 aliphatic rings. The third-order valence-corrected chi connectivity index (χ3v) is 3.71. The van der Waals surface area contributed by atoms with Crippen molar-refractivity contribution < 1.29 is 13.7 Å². The third kappa shape index (κ3) is 4.09. The summed E-state index contributed by atoms with van der Waals surface area (Å²) in [7, 11) is 0. The molecule has 7 nitrogen and oxygen atoms in total. The third-order valence-electron chi connectivity index (χ3n) is 3.71. The van der Waals surface area contributed by atoms with Crippen LogP contribution in [0.15, 0.2) is 35.1 Å².